The van der Waals surface area contributed by atoms with Gasteiger partial charge in [-0.25, -0.2) is 4.98 Å². The Morgan fingerprint density at radius 1 is 0.446 bits per heavy atom. The summed E-state index contributed by atoms with van der Waals surface area (Å²) in [4.78, 5) is 174. The van der Waals surface area contributed by atoms with Gasteiger partial charge in [-0.05, 0) is 125 Å². The fourth-order valence-electron chi connectivity index (χ4n) is 10.7. The molecule has 3 aromatic carbocycles. The highest BCUT2D eigenvalue weighted by molar-refractivity contribution is 5.99. The van der Waals surface area contributed by atoms with E-state index < -0.39 is 163 Å². The highest BCUT2D eigenvalue weighted by Crippen LogP contribution is 2.16. The molecule has 32 heteroatoms. The molecule has 4 rings (SSSR count). The van der Waals surface area contributed by atoms with Gasteiger partial charge in [-0.3, -0.25) is 57.5 Å². The number of nitrogens with one attached hydrogen (secondary N) is 11. The number of aliphatic hydroxyl groups excluding tert-OH is 2. The number of nitrogens with two attached hydrogens (primary N) is 5. The van der Waals surface area contributed by atoms with Crippen molar-refractivity contribution in [3.63, 3.8) is 0 Å². The number of nitrogens with zero attached hydrogens (tertiary/aromatic N) is 1. The van der Waals surface area contributed by atoms with E-state index in [4.69, 9.17) is 28.7 Å². The largest absolute Gasteiger partial charge is 0.508 e. The number of carbonyl (C=O) groups excluding carboxylic acids is 12. The Balaban J connectivity index is 1.62. The maximum absolute atomic E-state index is 14.8. The number of amides is 12. The van der Waals surface area contributed by atoms with Crippen molar-refractivity contribution in [1.82, 2.24) is 63.1 Å². The zero-order valence-corrected chi connectivity index (χ0v) is 57.9. The van der Waals surface area contributed by atoms with E-state index in [0.717, 1.165) is 12.5 Å². The molecule has 24 N–H and O–H groups in total. The van der Waals surface area contributed by atoms with Crippen LogP contribution >= 0.6 is 0 Å². The molecule has 12 amide bonds. The molecule has 0 aliphatic carbocycles. The van der Waals surface area contributed by atoms with Gasteiger partial charge in [0.05, 0.1) is 25.1 Å². The molecule has 554 valence electrons. The Morgan fingerprint density at radius 2 is 0.832 bits per heavy atom. The van der Waals surface area contributed by atoms with Crippen LogP contribution in [-0.2, 0) is 83.2 Å². The lowest BCUT2D eigenvalue weighted by atomic mass is 9.99. The second kappa shape index (κ2) is 43.6. The van der Waals surface area contributed by atoms with Crippen molar-refractivity contribution in [3.8, 4) is 5.75 Å². The number of unbranched alkanes of at least 4 members (excludes halogenated alkanes) is 2. The standard InChI is InChI=1S/C69H103N17O15/c1-39(2)30-51(59(74)91)80-61(93)48(20-12-14-28-70)77-62(94)50(26-27-57(73)90)79-69(101)58(41(5)88)86-63(95)49(21-13-15-29-71)78-68(100)56(37-87)85-66(98)54(34-44-22-24-46(89)25-23-44)83-67(99)55(35-45-36-75-38-76-45)84-65(97)53(33-43-18-10-7-11-19-43)82-64(96)52(31-40(3)4)81-60(92)47(72)32-42-16-8-6-9-17-42/h6-11,16-19,22-25,36,38-41,47-56,58,87-89H,12-15,20-21,26-35,37,70-72H2,1-5H3,(H2,73,90)(H2,74,91)(H,75,76)(H,77,94)(H,78,100)(H,79,101)(H,80,93)(H,81,92)(H,82,96)(H,83,99)(H,84,97)(H,85,98)(H,86,95)/t41-,47+,48+,49+,50+,51+,52+,53+,54+,55+,56+,58+/m1/s1. The van der Waals surface area contributed by atoms with Crippen LogP contribution in [0.1, 0.15) is 121 Å². The molecule has 0 fully saturated rings. The van der Waals surface area contributed by atoms with Gasteiger partial charge in [0.1, 0.15) is 66.2 Å². The van der Waals surface area contributed by atoms with Gasteiger partial charge in [0, 0.05) is 37.6 Å². The molecule has 0 saturated carbocycles. The van der Waals surface area contributed by atoms with Crippen molar-refractivity contribution in [1.29, 1.82) is 0 Å². The van der Waals surface area contributed by atoms with Gasteiger partial charge in [0.2, 0.25) is 70.9 Å². The number of aromatic amines is 1. The predicted molar refractivity (Wildman–Crippen MR) is 373 cm³/mol. The maximum atomic E-state index is 14.8. The van der Waals surface area contributed by atoms with Crippen LogP contribution < -0.4 is 81.8 Å². The minimum absolute atomic E-state index is 0.0225. The molecular weight excluding hydrogens is 1310 g/mol. The minimum Gasteiger partial charge on any atom is -0.508 e. The second-order valence-corrected chi connectivity index (χ2v) is 25.8. The SMILES string of the molecule is CC(C)C[C@H](NC(=O)[C@H](CCCCN)NC(=O)[C@H](CCC(N)=O)NC(=O)[C@@H](NC(=O)[C@H](CCCCN)NC(=O)[C@H](CO)NC(=O)[C@H](Cc1ccc(O)cc1)NC(=O)[C@H](Cc1cnc[nH]1)NC(=O)[C@H](Cc1ccccc1)NC(=O)[C@H](CC(C)C)NC(=O)[C@@H](N)Cc1ccccc1)[C@@H](C)O)C(N)=O. The molecule has 4 aromatic rings. The Morgan fingerprint density at radius 3 is 1.28 bits per heavy atom. The summed E-state index contributed by atoms with van der Waals surface area (Å²) in [5.41, 5.74) is 30.9. The van der Waals surface area contributed by atoms with Crippen LogP contribution in [0, 0.1) is 11.8 Å². The maximum Gasteiger partial charge on any atom is 0.245 e. The van der Waals surface area contributed by atoms with Crippen molar-refractivity contribution in [2.75, 3.05) is 19.7 Å². The Bertz CT molecular complexity index is 3310. The molecule has 1 heterocycles. The van der Waals surface area contributed by atoms with Crippen molar-refractivity contribution in [2.24, 2.45) is 40.5 Å². The number of rotatable bonds is 46. The van der Waals surface area contributed by atoms with Gasteiger partial charge in [-0.1, -0.05) is 100 Å². The molecule has 0 unspecified atom stereocenters. The average molecular weight is 1410 g/mol. The topological polar surface area (TPSA) is 545 Å². The van der Waals surface area contributed by atoms with Crippen molar-refractivity contribution in [3.05, 3.63) is 120 Å². The summed E-state index contributed by atoms with van der Waals surface area (Å²) in [7, 11) is 0. The van der Waals surface area contributed by atoms with Crippen LogP contribution in [0.2, 0.25) is 0 Å². The molecule has 0 aliphatic rings. The van der Waals surface area contributed by atoms with Crippen LogP contribution in [0.4, 0.5) is 0 Å². The Hall–Kier alpha value is -9.89. The molecule has 101 heavy (non-hydrogen) atoms. The number of hydrogen-bond donors (Lipinski definition) is 19. The highest BCUT2D eigenvalue weighted by Gasteiger charge is 2.38. The molecule has 1 aromatic heterocycles. The summed E-state index contributed by atoms with van der Waals surface area (Å²) >= 11 is 0. The number of hydrogen-bond acceptors (Lipinski definition) is 19. The summed E-state index contributed by atoms with van der Waals surface area (Å²) in [5, 5.41) is 57.6. The minimum atomic E-state index is -1.87. The molecule has 0 aliphatic heterocycles. The van der Waals surface area contributed by atoms with Crippen LogP contribution in [0.25, 0.3) is 0 Å². The number of carbonyl (C=O) groups is 12. The second-order valence-electron chi connectivity index (χ2n) is 25.8. The number of imidazole rings is 1. The molecular formula is C69H103N17O15. The summed E-state index contributed by atoms with van der Waals surface area (Å²) in [6.07, 6.45) is 1.06. The van der Waals surface area contributed by atoms with Crippen molar-refractivity contribution < 1.29 is 72.9 Å². The smallest absolute Gasteiger partial charge is 0.245 e. The average Bonchev–Trinajstić information content (AvgIpc) is 1.48. The first-order valence-electron chi connectivity index (χ1n) is 33.9. The number of primary amides is 2. The number of phenolic OH excluding ortho intramolecular Hbond substituents is 1. The zero-order valence-electron chi connectivity index (χ0n) is 57.9. The van der Waals surface area contributed by atoms with Gasteiger partial charge >= 0.3 is 0 Å². The third-order valence-corrected chi connectivity index (χ3v) is 16.2. The number of aromatic nitrogens is 2. The summed E-state index contributed by atoms with van der Waals surface area (Å²) in [5.74, 6) is -11.4. The first-order valence-corrected chi connectivity index (χ1v) is 33.9. The first kappa shape index (κ1) is 83.5. The van der Waals surface area contributed by atoms with E-state index in [1.807, 2.05) is 32.0 Å². The molecule has 0 spiro atoms. The molecule has 0 bridgehead atoms. The normalized spacial score (nSPS) is 14.8. The van der Waals surface area contributed by atoms with E-state index in [1.165, 1.54) is 36.8 Å². The number of benzene rings is 3. The van der Waals surface area contributed by atoms with Crippen LogP contribution in [0.5, 0.6) is 5.75 Å². The molecule has 32 nitrogen and oxygen atoms in total. The molecule has 0 radical (unpaired) electrons. The fraction of sp³-hybridized carbons (Fsp3) is 0.522. The van der Waals surface area contributed by atoms with Crippen molar-refractivity contribution in [2.45, 2.75) is 197 Å². The van der Waals surface area contributed by atoms with Crippen LogP contribution in [-0.4, -0.2) is 188 Å². The van der Waals surface area contributed by atoms with E-state index in [9.17, 15) is 72.9 Å². The third-order valence-electron chi connectivity index (χ3n) is 16.2. The van der Waals surface area contributed by atoms with Gasteiger partial charge in [-0.2, -0.15) is 0 Å². The monoisotopic (exact) mass is 1410 g/mol. The lowest BCUT2D eigenvalue weighted by Gasteiger charge is -2.29. The summed E-state index contributed by atoms with van der Waals surface area (Å²) in [6, 6.07) is 7.20. The van der Waals surface area contributed by atoms with Gasteiger partial charge < -0.3 is 102 Å². The molecule has 12 atom stereocenters. The van der Waals surface area contributed by atoms with Gasteiger partial charge in [-0.15, -0.1) is 0 Å². The Labute approximate surface area is 587 Å². The van der Waals surface area contributed by atoms with Gasteiger partial charge in [0.15, 0.2) is 0 Å². The quantitative estimate of drug-likeness (QED) is 0.0197. The lowest BCUT2D eigenvalue weighted by molar-refractivity contribution is -0.137. The van der Waals surface area contributed by atoms with E-state index in [-0.39, 0.29) is 88.5 Å². The predicted octanol–water partition coefficient (Wildman–Crippen LogP) is -2.96. The van der Waals surface area contributed by atoms with Crippen molar-refractivity contribution >= 4 is 70.9 Å². The van der Waals surface area contributed by atoms with E-state index >= 15 is 0 Å². The summed E-state index contributed by atoms with van der Waals surface area (Å²) < 4.78 is 0. The lowest BCUT2D eigenvalue weighted by Crippen LogP contribution is -2.62. The fourth-order valence-corrected chi connectivity index (χ4v) is 10.7. The third kappa shape index (κ3) is 30.2. The molecule has 0 saturated heterocycles. The summed E-state index contributed by atoms with van der Waals surface area (Å²) in [6.45, 7) is 7.72. The van der Waals surface area contributed by atoms with Gasteiger partial charge in [0.25, 0.3) is 0 Å². The van der Waals surface area contributed by atoms with Crippen LogP contribution in [0.3, 0.4) is 0 Å². The van der Waals surface area contributed by atoms with Crippen LogP contribution in [0.15, 0.2) is 97.5 Å². The number of phenols is 1. The highest BCUT2D eigenvalue weighted by atomic mass is 16.3. The Kier molecular flexibility index (Phi) is 36.1. The number of aliphatic hydroxyl groups is 2. The number of aromatic hydroxyl groups is 1. The number of H-pyrrole nitrogens is 1. The first-order chi connectivity index (χ1) is 48.0. The van der Waals surface area contributed by atoms with E-state index in [2.05, 4.69) is 63.1 Å². The van der Waals surface area contributed by atoms with E-state index in [0.29, 0.717) is 36.1 Å². The zero-order chi connectivity index (χ0) is 74.7. The van der Waals surface area contributed by atoms with E-state index in [1.54, 1.807) is 56.3 Å².